The molecule has 4 rings (SSSR count). The van der Waals surface area contributed by atoms with Gasteiger partial charge >= 0.3 is 0 Å². The van der Waals surface area contributed by atoms with Gasteiger partial charge < -0.3 is 4.52 Å². The largest absolute Gasteiger partial charge is 0.337 e. The first kappa shape index (κ1) is 16.6. The molecule has 0 atom stereocenters. The number of aromatic nitrogens is 2. The van der Waals surface area contributed by atoms with Crippen molar-refractivity contribution in [1.29, 1.82) is 0 Å². The first-order valence-corrected chi connectivity index (χ1v) is 7.99. The molecule has 0 saturated heterocycles. The number of rotatable bonds is 4. The molecule has 0 spiro atoms. The van der Waals surface area contributed by atoms with Crippen LogP contribution in [0.15, 0.2) is 47.0 Å². The number of aryl methyl sites for hydroxylation is 1. The fourth-order valence-corrected chi connectivity index (χ4v) is 2.89. The summed E-state index contributed by atoms with van der Waals surface area (Å²) < 4.78 is 5.14. The zero-order valence-electron chi connectivity index (χ0n) is 14.1. The van der Waals surface area contributed by atoms with Crippen LogP contribution in [0, 0.1) is 17.0 Å². The van der Waals surface area contributed by atoms with Crippen molar-refractivity contribution in [3.8, 4) is 11.4 Å². The second-order valence-corrected chi connectivity index (χ2v) is 6.03. The van der Waals surface area contributed by atoms with Crippen LogP contribution in [0.3, 0.4) is 0 Å². The number of benzene rings is 2. The lowest BCUT2D eigenvalue weighted by molar-refractivity contribution is -0.385. The van der Waals surface area contributed by atoms with Crippen molar-refractivity contribution in [3.63, 3.8) is 0 Å². The van der Waals surface area contributed by atoms with Crippen molar-refractivity contribution >= 4 is 17.5 Å². The van der Waals surface area contributed by atoms with Gasteiger partial charge in [-0.05, 0) is 13.0 Å². The minimum absolute atomic E-state index is 0.00697. The van der Waals surface area contributed by atoms with Crippen LogP contribution in [0.5, 0.6) is 0 Å². The number of nitrogens with zero attached hydrogens (tertiary/aromatic N) is 4. The zero-order valence-corrected chi connectivity index (χ0v) is 14.1. The maximum atomic E-state index is 12.6. The van der Waals surface area contributed by atoms with Crippen molar-refractivity contribution in [3.05, 3.63) is 75.2 Å². The number of carbonyl (C=O) groups is 2. The van der Waals surface area contributed by atoms with Crippen LogP contribution in [0.1, 0.15) is 32.2 Å². The number of fused-ring (bicyclic) bond motifs is 1. The first-order valence-electron chi connectivity index (χ1n) is 7.99. The maximum Gasteiger partial charge on any atom is 0.282 e. The molecule has 134 valence electrons. The van der Waals surface area contributed by atoms with Crippen LogP contribution in [0.25, 0.3) is 11.4 Å². The molecule has 2 amide bonds. The Bertz CT molecular complexity index is 1090. The predicted molar refractivity (Wildman–Crippen MR) is 91.8 cm³/mol. The predicted octanol–water partition coefficient (Wildman–Crippen LogP) is 2.75. The molecule has 0 aliphatic carbocycles. The molecule has 1 aliphatic rings. The molecule has 2 aromatic carbocycles. The highest BCUT2D eigenvalue weighted by atomic mass is 16.6. The molecular weight excluding hydrogens is 352 g/mol. The van der Waals surface area contributed by atoms with Gasteiger partial charge in [-0.3, -0.25) is 24.6 Å². The van der Waals surface area contributed by atoms with E-state index in [1.807, 2.05) is 31.2 Å². The van der Waals surface area contributed by atoms with E-state index in [1.54, 1.807) is 0 Å². The summed E-state index contributed by atoms with van der Waals surface area (Å²) in [6, 6.07) is 11.4. The Hall–Kier alpha value is -3.88. The molecule has 0 bridgehead atoms. The Morgan fingerprint density at radius 3 is 2.56 bits per heavy atom. The van der Waals surface area contributed by atoms with E-state index in [-0.39, 0.29) is 23.6 Å². The number of nitro groups is 1. The van der Waals surface area contributed by atoms with E-state index in [0.29, 0.717) is 5.82 Å². The van der Waals surface area contributed by atoms with Gasteiger partial charge in [-0.25, -0.2) is 0 Å². The molecule has 27 heavy (non-hydrogen) atoms. The first-order chi connectivity index (χ1) is 13.0. The molecule has 1 aromatic heterocycles. The summed E-state index contributed by atoms with van der Waals surface area (Å²) >= 11 is 0. The van der Waals surface area contributed by atoms with Crippen molar-refractivity contribution in [1.82, 2.24) is 15.0 Å². The highest BCUT2D eigenvalue weighted by Gasteiger charge is 2.41. The smallest absolute Gasteiger partial charge is 0.282 e. The summed E-state index contributed by atoms with van der Waals surface area (Å²) in [6.07, 6.45) is 0. The van der Waals surface area contributed by atoms with Crippen LogP contribution >= 0.6 is 0 Å². The monoisotopic (exact) mass is 364 g/mol. The summed E-state index contributed by atoms with van der Waals surface area (Å²) in [5, 5.41) is 15.0. The lowest BCUT2D eigenvalue weighted by atomic mass is 10.1. The Labute approximate surface area is 152 Å². The van der Waals surface area contributed by atoms with E-state index in [9.17, 15) is 19.7 Å². The lowest BCUT2D eigenvalue weighted by Crippen LogP contribution is -2.29. The van der Waals surface area contributed by atoms with Gasteiger partial charge in [0.05, 0.1) is 10.5 Å². The second-order valence-electron chi connectivity index (χ2n) is 6.03. The van der Waals surface area contributed by atoms with E-state index in [1.165, 1.54) is 18.2 Å². The number of hydrogen-bond donors (Lipinski definition) is 0. The summed E-state index contributed by atoms with van der Waals surface area (Å²) in [5.41, 5.74) is 1.18. The van der Waals surface area contributed by atoms with E-state index in [0.717, 1.165) is 16.0 Å². The minimum atomic E-state index is -0.752. The van der Waals surface area contributed by atoms with Crippen molar-refractivity contribution in [2.75, 3.05) is 0 Å². The fourth-order valence-electron chi connectivity index (χ4n) is 2.89. The second kappa shape index (κ2) is 6.13. The fraction of sp³-hybridized carbons (Fsp3) is 0.111. The summed E-state index contributed by atoms with van der Waals surface area (Å²) in [6.45, 7) is 1.69. The Kier molecular flexibility index (Phi) is 3.76. The third kappa shape index (κ3) is 2.74. The summed E-state index contributed by atoms with van der Waals surface area (Å²) in [5.74, 6) is -0.999. The quantitative estimate of drug-likeness (QED) is 0.396. The topological polar surface area (TPSA) is 119 Å². The Morgan fingerprint density at radius 1 is 1.11 bits per heavy atom. The molecule has 0 saturated carbocycles. The van der Waals surface area contributed by atoms with Crippen molar-refractivity contribution < 1.29 is 19.0 Å². The van der Waals surface area contributed by atoms with Gasteiger partial charge in [0.1, 0.15) is 12.1 Å². The molecule has 3 aromatic rings. The number of imide groups is 1. The van der Waals surface area contributed by atoms with E-state index in [4.69, 9.17) is 4.52 Å². The standard InChI is InChI=1S/C18H12N4O5/c1-10-5-7-11(8-6-10)16-19-14(27-20-16)9-21-17(23)12-3-2-4-13(22(25)26)15(12)18(21)24/h2-8H,9H2,1H3. The Balaban J connectivity index is 1.62. The average Bonchev–Trinajstić information content (AvgIpc) is 3.22. The van der Waals surface area contributed by atoms with E-state index < -0.39 is 22.4 Å². The van der Waals surface area contributed by atoms with Crippen LogP contribution in [-0.2, 0) is 6.54 Å². The lowest BCUT2D eigenvalue weighted by Gasteiger charge is -2.09. The number of nitro benzene ring substituents is 1. The molecule has 0 unspecified atom stereocenters. The average molecular weight is 364 g/mol. The maximum absolute atomic E-state index is 12.6. The van der Waals surface area contributed by atoms with Gasteiger partial charge in [0.25, 0.3) is 17.5 Å². The molecule has 2 heterocycles. The summed E-state index contributed by atoms with van der Waals surface area (Å²) in [7, 11) is 0. The van der Waals surface area contributed by atoms with E-state index >= 15 is 0 Å². The SMILES string of the molecule is Cc1ccc(-c2noc(CN3C(=O)c4cccc([N+](=O)[O-])c4C3=O)n2)cc1. The summed E-state index contributed by atoms with van der Waals surface area (Å²) in [4.78, 5) is 40.6. The molecular formula is C18H12N4O5. The van der Waals surface area contributed by atoms with Gasteiger partial charge in [0, 0.05) is 11.6 Å². The third-order valence-corrected chi connectivity index (χ3v) is 4.24. The number of hydrogen-bond acceptors (Lipinski definition) is 7. The Morgan fingerprint density at radius 2 is 1.85 bits per heavy atom. The molecule has 0 N–H and O–H groups in total. The molecule has 0 radical (unpaired) electrons. The third-order valence-electron chi connectivity index (χ3n) is 4.24. The highest BCUT2D eigenvalue weighted by Crippen LogP contribution is 2.31. The number of carbonyl (C=O) groups excluding carboxylic acids is 2. The molecule has 9 nitrogen and oxygen atoms in total. The molecule has 0 fully saturated rings. The van der Waals surface area contributed by atoms with Gasteiger partial charge in [-0.2, -0.15) is 4.98 Å². The van der Waals surface area contributed by atoms with Gasteiger partial charge in [-0.15, -0.1) is 0 Å². The number of amides is 2. The van der Waals surface area contributed by atoms with Gasteiger partial charge in [0.2, 0.25) is 11.7 Å². The normalized spacial score (nSPS) is 13.1. The van der Waals surface area contributed by atoms with Gasteiger partial charge in [-0.1, -0.05) is 41.1 Å². The van der Waals surface area contributed by atoms with E-state index in [2.05, 4.69) is 10.1 Å². The van der Waals surface area contributed by atoms with Gasteiger partial charge in [0.15, 0.2) is 0 Å². The zero-order chi connectivity index (χ0) is 19.1. The van der Waals surface area contributed by atoms with Crippen LogP contribution in [0.2, 0.25) is 0 Å². The highest BCUT2D eigenvalue weighted by molar-refractivity contribution is 6.23. The van der Waals surface area contributed by atoms with Crippen LogP contribution in [-0.4, -0.2) is 31.8 Å². The van der Waals surface area contributed by atoms with Crippen LogP contribution < -0.4 is 0 Å². The minimum Gasteiger partial charge on any atom is -0.337 e. The molecule has 9 heteroatoms. The van der Waals surface area contributed by atoms with Crippen LogP contribution in [0.4, 0.5) is 5.69 Å². The van der Waals surface area contributed by atoms with Crippen molar-refractivity contribution in [2.45, 2.75) is 13.5 Å². The molecule has 1 aliphatic heterocycles. The van der Waals surface area contributed by atoms with Crippen molar-refractivity contribution in [2.24, 2.45) is 0 Å².